The maximum absolute atomic E-state index is 13.3. The molecule has 2 aromatic rings. The highest BCUT2D eigenvalue weighted by Crippen LogP contribution is 2.23. The van der Waals surface area contributed by atoms with Gasteiger partial charge in [0.25, 0.3) is 5.69 Å². The summed E-state index contributed by atoms with van der Waals surface area (Å²) in [4.78, 5) is 13.7. The summed E-state index contributed by atoms with van der Waals surface area (Å²) >= 11 is 0. The quantitative estimate of drug-likeness (QED) is 0.531. The van der Waals surface area contributed by atoms with Crippen molar-refractivity contribution in [1.29, 1.82) is 0 Å². The number of nitro groups is 1. The molecule has 0 atom stereocenters. The molecule has 0 heterocycles. The third kappa shape index (κ3) is 2.94. The minimum atomic E-state index is -0.869. The van der Waals surface area contributed by atoms with Gasteiger partial charge in [-0.2, -0.15) is 0 Å². The van der Waals surface area contributed by atoms with Gasteiger partial charge in [-0.25, -0.2) is 8.78 Å². The number of aliphatic imine (C=N–C) groups is 1. The molecule has 102 valence electrons. The van der Waals surface area contributed by atoms with Gasteiger partial charge in [0.1, 0.15) is 11.6 Å². The number of rotatable bonds is 3. The molecule has 0 aliphatic heterocycles. The molecule has 0 aliphatic rings. The fourth-order valence-electron chi connectivity index (χ4n) is 1.48. The maximum atomic E-state index is 13.3. The van der Waals surface area contributed by atoms with Crippen molar-refractivity contribution in [3.8, 4) is 5.75 Å². The molecule has 2 rings (SSSR count). The van der Waals surface area contributed by atoms with Gasteiger partial charge in [0.15, 0.2) is 5.82 Å². The normalized spacial score (nSPS) is 10.9. The number of non-ortho nitro benzene ring substituents is 1. The summed E-state index contributed by atoms with van der Waals surface area (Å²) in [5.74, 6) is -1.84. The Labute approximate surface area is 112 Å². The largest absolute Gasteiger partial charge is 0.507 e. The van der Waals surface area contributed by atoms with Crippen molar-refractivity contribution in [3.05, 3.63) is 63.7 Å². The molecule has 20 heavy (non-hydrogen) atoms. The molecule has 0 saturated heterocycles. The van der Waals surface area contributed by atoms with Gasteiger partial charge >= 0.3 is 0 Å². The number of halogens is 2. The van der Waals surface area contributed by atoms with E-state index in [1.165, 1.54) is 0 Å². The van der Waals surface area contributed by atoms with Crippen LogP contribution in [-0.2, 0) is 0 Å². The molecule has 0 fully saturated rings. The van der Waals surface area contributed by atoms with Crippen molar-refractivity contribution in [2.24, 2.45) is 4.99 Å². The molecular weight excluding hydrogens is 270 g/mol. The van der Waals surface area contributed by atoms with Crippen LogP contribution in [-0.4, -0.2) is 16.2 Å². The lowest BCUT2D eigenvalue weighted by molar-refractivity contribution is -0.384. The number of benzene rings is 2. The van der Waals surface area contributed by atoms with Crippen molar-refractivity contribution in [2.75, 3.05) is 0 Å². The van der Waals surface area contributed by atoms with Crippen LogP contribution in [0.5, 0.6) is 5.75 Å². The lowest BCUT2D eigenvalue weighted by Crippen LogP contribution is -1.90. The van der Waals surface area contributed by atoms with E-state index in [2.05, 4.69) is 4.99 Å². The van der Waals surface area contributed by atoms with Crippen molar-refractivity contribution < 1.29 is 18.8 Å². The minimum absolute atomic E-state index is 0.0583. The van der Waals surface area contributed by atoms with Gasteiger partial charge in [0.05, 0.1) is 10.6 Å². The van der Waals surface area contributed by atoms with Crippen LogP contribution in [0.25, 0.3) is 0 Å². The summed E-state index contributed by atoms with van der Waals surface area (Å²) in [5, 5.41) is 20.1. The zero-order valence-corrected chi connectivity index (χ0v) is 9.96. The van der Waals surface area contributed by atoms with Gasteiger partial charge in [0, 0.05) is 30.0 Å². The smallest absolute Gasteiger partial charge is 0.270 e. The highest BCUT2D eigenvalue weighted by Gasteiger charge is 2.09. The summed E-state index contributed by atoms with van der Waals surface area (Å²) < 4.78 is 26.0. The first kappa shape index (κ1) is 13.6. The second kappa shape index (κ2) is 5.43. The van der Waals surface area contributed by atoms with Crippen molar-refractivity contribution in [2.45, 2.75) is 0 Å². The molecule has 0 aromatic heterocycles. The lowest BCUT2D eigenvalue weighted by Gasteiger charge is -1.99. The van der Waals surface area contributed by atoms with E-state index in [1.807, 2.05) is 0 Å². The van der Waals surface area contributed by atoms with E-state index in [-0.39, 0.29) is 22.7 Å². The van der Waals surface area contributed by atoms with Gasteiger partial charge < -0.3 is 5.11 Å². The molecule has 0 spiro atoms. The highest BCUT2D eigenvalue weighted by molar-refractivity contribution is 5.86. The third-order valence-electron chi connectivity index (χ3n) is 2.47. The van der Waals surface area contributed by atoms with Crippen LogP contribution >= 0.6 is 0 Å². The summed E-state index contributed by atoms with van der Waals surface area (Å²) in [6, 6.07) is 6.19. The van der Waals surface area contributed by atoms with E-state index in [9.17, 15) is 24.0 Å². The summed E-state index contributed by atoms with van der Waals surface area (Å²) in [6.45, 7) is 0. The monoisotopic (exact) mass is 278 g/mol. The van der Waals surface area contributed by atoms with Crippen LogP contribution in [0.3, 0.4) is 0 Å². The summed E-state index contributed by atoms with van der Waals surface area (Å²) in [6.07, 6.45) is 1.07. The first-order chi connectivity index (χ1) is 9.47. The fourth-order valence-corrected chi connectivity index (χ4v) is 1.48. The molecule has 0 amide bonds. The molecule has 0 unspecified atom stereocenters. The van der Waals surface area contributed by atoms with Crippen molar-refractivity contribution in [1.82, 2.24) is 0 Å². The molecule has 5 nitrogen and oxygen atoms in total. The molecule has 0 radical (unpaired) electrons. The predicted octanol–water partition coefficient (Wildman–Crippen LogP) is 3.33. The SMILES string of the molecule is O=[N+]([O-])c1ccc(O)c(C=Nc2ccc(F)cc2F)c1. The van der Waals surface area contributed by atoms with Crippen LogP contribution in [0.15, 0.2) is 41.4 Å². The van der Waals surface area contributed by atoms with Gasteiger partial charge in [-0.1, -0.05) is 0 Å². The van der Waals surface area contributed by atoms with E-state index in [0.29, 0.717) is 6.07 Å². The maximum Gasteiger partial charge on any atom is 0.270 e. The number of hydrogen-bond acceptors (Lipinski definition) is 4. The minimum Gasteiger partial charge on any atom is -0.507 e. The zero-order valence-electron chi connectivity index (χ0n) is 9.96. The number of phenols is 1. The number of phenolic OH excluding ortho intramolecular Hbond substituents is 1. The number of nitro benzene ring substituents is 1. The Hall–Kier alpha value is -2.83. The Balaban J connectivity index is 2.35. The number of hydrogen-bond donors (Lipinski definition) is 1. The Morgan fingerprint density at radius 1 is 1.20 bits per heavy atom. The van der Waals surface area contributed by atoms with Crippen LogP contribution in [0.2, 0.25) is 0 Å². The zero-order chi connectivity index (χ0) is 14.7. The van der Waals surface area contributed by atoms with Crippen molar-refractivity contribution in [3.63, 3.8) is 0 Å². The summed E-state index contributed by atoms with van der Waals surface area (Å²) in [5.41, 5.74) is -0.316. The van der Waals surface area contributed by atoms with Crippen molar-refractivity contribution >= 4 is 17.6 Å². The van der Waals surface area contributed by atoms with E-state index in [1.54, 1.807) is 0 Å². The van der Waals surface area contributed by atoms with E-state index in [4.69, 9.17) is 0 Å². The molecule has 2 aromatic carbocycles. The van der Waals surface area contributed by atoms with Gasteiger partial charge in [-0.15, -0.1) is 0 Å². The Morgan fingerprint density at radius 3 is 2.60 bits per heavy atom. The average Bonchev–Trinajstić information content (AvgIpc) is 2.39. The van der Waals surface area contributed by atoms with Crippen LogP contribution < -0.4 is 0 Å². The van der Waals surface area contributed by atoms with E-state index in [0.717, 1.165) is 36.5 Å². The molecule has 0 bridgehead atoms. The highest BCUT2D eigenvalue weighted by atomic mass is 19.1. The van der Waals surface area contributed by atoms with Gasteiger partial charge in [0.2, 0.25) is 0 Å². The molecule has 1 N–H and O–H groups in total. The van der Waals surface area contributed by atoms with Crippen LogP contribution in [0, 0.1) is 21.7 Å². The Morgan fingerprint density at radius 2 is 1.95 bits per heavy atom. The van der Waals surface area contributed by atoms with Gasteiger partial charge in [-0.05, 0) is 18.2 Å². The fraction of sp³-hybridized carbons (Fsp3) is 0. The standard InChI is InChI=1S/C13H8F2N2O3/c14-9-1-3-12(11(15)6-9)16-7-8-5-10(17(19)20)2-4-13(8)18/h1-7,18H. The molecule has 0 saturated carbocycles. The van der Waals surface area contributed by atoms with E-state index >= 15 is 0 Å². The number of nitrogens with zero attached hydrogens (tertiary/aromatic N) is 2. The number of aromatic hydroxyl groups is 1. The first-order valence-electron chi connectivity index (χ1n) is 5.44. The second-order valence-corrected chi connectivity index (χ2v) is 3.85. The summed E-state index contributed by atoms with van der Waals surface area (Å²) in [7, 11) is 0. The Kier molecular flexibility index (Phi) is 3.69. The molecular formula is C13H8F2N2O3. The topological polar surface area (TPSA) is 75.7 Å². The van der Waals surface area contributed by atoms with Gasteiger partial charge in [-0.3, -0.25) is 15.1 Å². The van der Waals surface area contributed by atoms with Crippen LogP contribution in [0.1, 0.15) is 5.56 Å². The second-order valence-electron chi connectivity index (χ2n) is 3.85. The predicted molar refractivity (Wildman–Crippen MR) is 68.4 cm³/mol. The molecule has 7 heteroatoms. The first-order valence-corrected chi connectivity index (χ1v) is 5.44. The molecule has 0 aliphatic carbocycles. The third-order valence-corrected chi connectivity index (χ3v) is 2.47. The van der Waals surface area contributed by atoms with E-state index < -0.39 is 16.6 Å². The Bertz CT molecular complexity index is 702. The van der Waals surface area contributed by atoms with Crippen LogP contribution in [0.4, 0.5) is 20.2 Å². The lowest BCUT2D eigenvalue weighted by atomic mass is 10.2. The average molecular weight is 278 g/mol.